The lowest BCUT2D eigenvalue weighted by Crippen LogP contribution is -2.16. The van der Waals surface area contributed by atoms with Gasteiger partial charge in [0.25, 0.3) is 0 Å². The molecule has 0 saturated carbocycles. The van der Waals surface area contributed by atoms with Crippen LogP contribution in [0.3, 0.4) is 0 Å². The highest BCUT2D eigenvalue weighted by Gasteiger charge is 2.28. The molecule has 1 unspecified atom stereocenters. The number of benzene rings is 1. The zero-order valence-electron chi connectivity index (χ0n) is 11.9. The van der Waals surface area contributed by atoms with Crippen LogP contribution in [0.4, 0.5) is 0 Å². The van der Waals surface area contributed by atoms with Crippen LogP contribution in [0.15, 0.2) is 41.7 Å². The van der Waals surface area contributed by atoms with Crippen molar-refractivity contribution in [3.8, 4) is 0 Å². The predicted molar refractivity (Wildman–Crippen MR) is 81.9 cm³/mol. The van der Waals surface area contributed by atoms with E-state index in [0.29, 0.717) is 11.1 Å². The minimum absolute atomic E-state index is 0.0382. The number of aryl methyl sites for hydroxylation is 1. The summed E-state index contributed by atoms with van der Waals surface area (Å²) in [5.41, 5.74) is 15.0. The van der Waals surface area contributed by atoms with Gasteiger partial charge in [0.2, 0.25) is 5.91 Å². The normalized spacial score (nSPS) is 17.3. The number of amidine groups is 1. The quantitative estimate of drug-likeness (QED) is 0.343. The molecular formula is C16H16N4O2. The van der Waals surface area contributed by atoms with E-state index in [-0.39, 0.29) is 11.8 Å². The van der Waals surface area contributed by atoms with E-state index in [1.807, 2.05) is 18.2 Å². The molecule has 5 N–H and O–H groups in total. The zero-order chi connectivity index (χ0) is 15.7. The number of nitrogens with zero attached hydrogens (tertiary/aromatic N) is 2. The second-order valence-electron chi connectivity index (χ2n) is 5.30. The van der Waals surface area contributed by atoms with Crippen molar-refractivity contribution in [2.45, 2.75) is 18.8 Å². The van der Waals surface area contributed by atoms with Gasteiger partial charge in [0, 0.05) is 23.2 Å². The number of fused-ring (bicyclic) bond motifs is 1. The maximum Gasteiger partial charge on any atom is 0.248 e. The highest BCUT2D eigenvalue weighted by Crippen LogP contribution is 2.38. The smallest absolute Gasteiger partial charge is 0.248 e. The first kappa shape index (κ1) is 14.1. The van der Waals surface area contributed by atoms with E-state index in [1.165, 1.54) is 0 Å². The molecule has 1 amide bonds. The van der Waals surface area contributed by atoms with Gasteiger partial charge in [0.1, 0.15) is 0 Å². The van der Waals surface area contributed by atoms with Crippen LogP contribution in [0.25, 0.3) is 0 Å². The first-order chi connectivity index (χ1) is 10.6. The summed E-state index contributed by atoms with van der Waals surface area (Å²) >= 11 is 0. The van der Waals surface area contributed by atoms with E-state index in [1.54, 1.807) is 18.3 Å². The van der Waals surface area contributed by atoms with Gasteiger partial charge in [0.15, 0.2) is 5.84 Å². The Morgan fingerprint density at radius 1 is 1.32 bits per heavy atom. The molecular weight excluding hydrogens is 280 g/mol. The Morgan fingerprint density at radius 3 is 2.82 bits per heavy atom. The van der Waals surface area contributed by atoms with Gasteiger partial charge in [-0.05, 0) is 36.1 Å². The molecule has 1 aromatic heterocycles. The van der Waals surface area contributed by atoms with E-state index in [4.69, 9.17) is 16.7 Å². The first-order valence-corrected chi connectivity index (χ1v) is 6.97. The van der Waals surface area contributed by atoms with Crippen molar-refractivity contribution in [2.24, 2.45) is 16.6 Å². The molecule has 2 aromatic rings. The molecule has 1 aromatic carbocycles. The summed E-state index contributed by atoms with van der Waals surface area (Å²) in [4.78, 5) is 16.1. The van der Waals surface area contributed by atoms with Crippen molar-refractivity contribution in [2.75, 3.05) is 0 Å². The standard InChI is InChI=1S/C16H16N4O2/c17-15(20-22)10-7-9-5-6-12(14(9)19-8-10)11-3-1-2-4-13(11)16(18)21/h1-4,7-8,12,22H,5-6H2,(H2,17,20)(H2,18,21). The van der Waals surface area contributed by atoms with Crippen molar-refractivity contribution in [3.05, 3.63) is 64.5 Å². The highest BCUT2D eigenvalue weighted by molar-refractivity contribution is 5.97. The number of carbonyl (C=O) groups is 1. The van der Waals surface area contributed by atoms with Crippen molar-refractivity contribution in [3.63, 3.8) is 0 Å². The van der Waals surface area contributed by atoms with Crippen LogP contribution in [0.5, 0.6) is 0 Å². The Hall–Kier alpha value is -2.89. The maximum atomic E-state index is 11.6. The highest BCUT2D eigenvalue weighted by atomic mass is 16.4. The summed E-state index contributed by atoms with van der Waals surface area (Å²) < 4.78 is 0. The van der Waals surface area contributed by atoms with Crippen LogP contribution in [0.1, 0.15) is 45.1 Å². The average Bonchev–Trinajstić information content (AvgIpc) is 2.96. The minimum atomic E-state index is -0.433. The summed E-state index contributed by atoms with van der Waals surface area (Å²) in [6.07, 6.45) is 3.26. The third-order valence-electron chi connectivity index (χ3n) is 4.04. The monoisotopic (exact) mass is 296 g/mol. The number of carbonyl (C=O) groups excluding carboxylic acids is 1. The van der Waals surface area contributed by atoms with Crippen molar-refractivity contribution in [1.82, 2.24) is 4.98 Å². The van der Waals surface area contributed by atoms with E-state index < -0.39 is 5.91 Å². The van der Waals surface area contributed by atoms with Gasteiger partial charge >= 0.3 is 0 Å². The number of oxime groups is 1. The molecule has 6 heteroatoms. The summed E-state index contributed by atoms with van der Waals surface area (Å²) in [5.74, 6) is -0.353. The van der Waals surface area contributed by atoms with Crippen molar-refractivity contribution < 1.29 is 10.0 Å². The molecule has 1 atom stereocenters. The number of nitrogens with two attached hydrogens (primary N) is 2. The second-order valence-corrected chi connectivity index (χ2v) is 5.30. The first-order valence-electron chi connectivity index (χ1n) is 6.97. The Balaban J connectivity index is 2.04. The average molecular weight is 296 g/mol. The summed E-state index contributed by atoms with van der Waals surface area (Å²) in [6.45, 7) is 0. The van der Waals surface area contributed by atoms with Gasteiger partial charge < -0.3 is 16.7 Å². The van der Waals surface area contributed by atoms with Crippen LogP contribution in [-0.4, -0.2) is 21.9 Å². The number of hydrogen-bond donors (Lipinski definition) is 3. The molecule has 0 aliphatic heterocycles. The van der Waals surface area contributed by atoms with Crippen LogP contribution >= 0.6 is 0 Å². The summed E-state index contributed by atoms with van der Waals surface area (Å²) in [6, 6.07) is 9.22. The fraction of sp³-hybridized carbons (Fsp3) is 0.188. The minimum Gasteiger partial charge on any atom is -0.409 e. The molecule has 0 radical (unpaired) electrons. The van der Waals surface area contributed by atoms with Crippen LogP contribution in [0.2, 0.25) is 0 Å². The number of amides is 1. The zero-order valence-corrected chi connectivity index (χ0v) is 11.9. The summed E-state index contributed by atoms with van der Waals surface area (Å²) in [7, 11) is 0. The lowest BCUT2D eigenvalue weighted by Gasteiger charge is -2.14. The molecule has 112 valence electrons. The number of aromatic nitrogens is 1. The summed E-state index contributed by atoms with van der Waals surface area (Å²) in [5, 5.41) is 11.7. The Morgan fingerprint density at radius 2 is 2.09 bits per heavy atom. The molecule has 0 fully saturated rings. The van der Waals surface area contributed by atoms with Crippen molar-refractivity contribution in [1.29, 1.82) is 0 Å². The maximum absolute atomic E-state index is 11.6. The van der Waals surface area contributed by atoms with Gasteiger partial charge in [-0.25, -0.2) is 0 Å². The molecule has 3 rings (SSSR count). The molecule has 1 heterocycles. The fourth-order valence-electron chi connectivity index (χ4n) is 3.00. The topological polar surface area (TPSA) is 115 Å². The van der Waals surface area contributed by atoms with Crippen LogP contribution < -0.4 is 11.5 Å². The van der Waals surface area contributed by atoms with E-state index in [0.717, 1.165) is 29.7 Å². The Labute approximate surface area is 127 Å². The van der Waals surface area contributed by atoms with E-state index >= 15 is 0 Å². The van der Waals surface area contributed by atoms with Gasteiger partial charge in [-0.2, -0.15) is 0 Å². The Kier molecular flexibility index (Phi) is 3.50. The third kappa shape index (κ3) is 2.28. The van der Waals surface area contributed by atoms with Gasteiger partial charge in [-0.3, -0.25) is 9.78 Å². The number of rotatable bonds is 3. The number of hydrogen-bond acceptors (Lipinski definition) is 4. The van der Waals surface area contributed by atoms with Crippen molar-refractivity contribution >= 4 is 11.7 Å². The van der Waals surface area contributed by atoms with E-state index in [9.17, 15) is 4.79 Å². The SMILES string of the molecule is NC(=O)c1ccccc1C1CCc2cc(C(N)=NO)cnc21. The fourth-order valence-corrected chi connectivity index (χ4v) is 3.00. The largest absolute Gasteiger partial charge is 0.409 e. The van der Waals surface area contributed by atoms with E-state index in [2.05, 4.69) is 10.1 Å². The molecule has 0 bridgehead atoms. The van der Waals surface area contributed by atoms with Gasteiger partial charge in [-0.15, -0.1) is 0 Å². The third-order valence-corrected chi connectivity index (χ3v) is 4.04. The molecule has 6 nitrogen and oxygen atoms in total. The lowest BCUT2D eigenvalue weighted by atomic mass is 9.91. The number of primary amides is 1. The molecule has 1 aliphatic rings. The second kappa shape index (κ2) is 5.48. The van der Waals surface area contributed by atoms with Gasteiger partial charge in [0.05, 0.1) is 5.69 Å². The van der Waals surface area contributed by atoms with Gasteiger partial charge in [-0.1, -0.05) is 23.4 Å². The molecule has 1 aliphatic carbocycles. The van der Waals surface area contributed by atoms with Crippen LogP contribution in [-0.2, 0) is 6.42 Å². The predicted octanol–water partition coefficient (Wildman–Crippen LogP) is 1.35. The number of pyridine rings is 1. The Bertz CT molecular complexity index is 770. The molecule has 0 spiro atoms. The molecule has 22 heavy (non-hydrogen) atoms. The lowest BCUT2D eigenvalue weighted by molar-refractivity contribution is 0.0999. The van der Waals surface area contributed by atoms with Crippen LogP contribution in [0, 0.1) is 0 Å². The molecule has 0 saturated heterocycles.